The molecule has 0 saturated heterocycles. The Morgan fingerprint density at radius 1 is 1.29 bits per heavy atom. The van der Waals surface area contributed by atoms with Gasteiger partial charge >= 0.3 is 0 Å². The second-order valence-corrected chi connectivity index (χ2v) is 6.55. The van der Waals surface area contributed by atoms with E-state index < -0.39 is 0 Å². The van der Waals surface area contributed by atoms with Crippen LogP contribution in [-0.4, -0.2) is 28.4 Å². The topological polar surface area (TPSA) is 36.1 Å². The predicted octanol–water partition coefficient (Wildman–Crippen LogP) is 3.28. The Morgan fingerprint density at radius 2 is 2.05 bits per heavy atom. The molecule has 1 aromatic heterocycles. The number of nitrogens with one attached hydrogen (secondary N) is 1. The van der Waals surface area contributed by atoms with Gasteiger partial charge in [0.05, 0.1) is 0 Å². The second-order valence-electron chi connectivity index (χ2n) is 6.55. The van der Waals surface area contributed by atoms with Gasteiger partial charge in [-0.2, -0.15) is 0 Å². The van der Waals surface area contributed by atoms with Crippen molar-refractivity contribution in [2.75, 3.05) is 6.54 Å². The van der Waals surface area contributed by atoms with Gasteiger partial charge in [-0.3, -0.25) is 4.79 Å². The Kier molecular flexibility index (Phi) is 3.02. The summed E-state index contributed by atoms with van der Waals surface area (Å²) in [7, 11) is 0. The fourth-order valence-corrected chi connectivity index (χ4v) is 3.65. The number of nitrogens with zero attached hydrogens (tertiary/aromatic N) is 1. The molecule has 0 aliphatic heterocycles. The summed E-state index contributed by atoms with van der Waals surface area (Å²) in [6.45, 7) is 3.07. The van der Waals surface area contributed by atoms with Gasteiger partial charge in [0.15, 0.2) is 0 Å². The van der Waals surface area contributed by atoms with Crippen molar-refractivity contribution in [1.82, 2.24) is 9.88 Å². The Labute approximate surface area is 125 Å². The molecule has 4 rings (SSSR count). The number of amides is 1. The van der Waals surface area contributed by atoms with Crippen LogP contribution in [0, 0.1) is 5.92 Å². The van der Waals surface area contributed by atoms with Crippen LogP contribution >= 0.6 is 0 Å². The molecular formula is C18H22N2O. The van der Waals surface area contributed by atoms with Crippen LogP contribution in [0.25, 0.3) is 10.9 Å². The molecule has 2 aliphatic carbocycles. The van der Waals surface area contributed by atoms with Crippen LogP contribution in [0.2, 0.25) is 0 Å². The molecule has 1 atom stereocenters. The Balaban J connectivity index is 1.59. The standard InChI is InChI=1S/C18H22N2O/c1-2-7-20(18(21)12-3-4-12)16-9-14-8-13-5-6-19-17(13)11-15(14)10-16/h5-6,8,11-12,16,19H,2-4,7,9-10H2,1H3. The Hall–Kier alpha value is -1.77. The van der Waals surface area contributed by atoms with Crippen molar-refractivity contribution >= 4 is 16.8 Å². The number of rotatable bonds is 4. The largest absolute Gasteiger partial charge is 0.361 e. The van der Waals surface area contributed by atoms with Crippen LogP contribution < -0.4 is 0 Å². The van der Waals surface area contributed by atoms with E-state index in [0.717, 1.165) is 38.6 Å². The van der Waals surface area contributed by atoms with Crippen LogP contribution in [0.1, 0.15) is 37.3 Å². The van der Waals surface area contributed by atoms with Gasteiger partial charge < -0.3 is 9.88 Å². The number of fused-ring (bicyclic) bond motifs is 2. The SMILES string of the molecule is CCCN(C(=O)C1CC1)C1Cc2cc3cc[nH]c3cc2C1. The van der Waals surface area contributed by atoms with Gasteiger partial charge in [0.25, 0.3) is 0 Å². The quantitative estimate of drug-likeness (QED) is 0.918. The fraction of sp³-hybridized carbons (Fsp3) is 0.500. The molecule has 0 radical (unpaired) electrons. The van der Waals surface area contributed by atoms with Crippen LogP contribution in [0.15, 0.2) is 24.4 Å². The highest BCUT2D eigenvalue weighted by Crippen LogP contribution is 2.35. The minimum Gasteiger partial charge on any atom is -0.361 e. The predicted molar refractivity (Wildman–Crippen MR) is 84.2 cm³/mol. The minimum atomic E-state index is 0.329. The zero-order chi connectivity index (χ0) is 14.4. The lowest BCUT2D eigenvalue weighted by Gasteiger charge is -2.29. The summed E-state index contributed by atoms with van der Waals surface area (Å²) in [5, 5.41) is 1.28. The first-order valence-corrected chi connectivity index (χ1v) is 8.15. The molecule has 0 bridgehead atoms. The maximum absolute atomic E-state index is 12.5. The fourth-order valence-electron chi connectivity index (χ4n) is 3.65. The van der Waals surface area contributed by atoms with Gasteiger partial charge in [-0.05, 0) is 66.8 Å². The summed E-state index contributed by atoms with van der Waals surface area (Å²) in [6, 6.07) is 7.07. The summed E-state index contributed by atoms with van der Waals surface area (Å²) in [5.41, 5.74) is 4.06. The van der Waals surface area contributed by atoms with Gasteiger partial charge in [0.2, 0.25) is 5.91 Å². The number of H-pyrrole nitrogens is 1. The van der Waals surface area contributed by atoms with Crippen LogP contribution in [0.3, 0.4) is 0 Å². The molecule has 21 heavy (non-hydrogen) atoms. The number of carbonyl (C=O) groups excluding carboxylic acids is 1. The van der Waals surface area contributed by atoms with Crippen molar-refractivity contribution in [2.24, 2.45) is 5.92 Å². The number of benzene rings is 1. The van der Waals surface area contributed by atoms with Crippen LogP contribution in [0.5, 0.6) is 0 Å². The van der Waals surface area contributed by atoms with Crippen molar-refractivity contribution < 1.29 is 4.79 Å². The number of aromatic amines is 1. The summed E-state index contributed by atoms with van der Waals surface area (Å²) in [4.78, 5) is 18.0. The highest BCUT2D eigenvalue weighted by molar-refractivity contribution is 5.83. The molecule has 3 heteroatoms. The molecule has 2 aromatic rings. The second kappa shape index (κ2) is 4.90. The molecule has 3 nitrogen and oxygen atoms in total. The van der Waals surface area contributed by atoms with Crippen molar-refractivity contribution in [1.29, 1.82) is 0 Å². The van der Waals surface area contributed by atoms with E-state index in [1.54, 1.807) is 0 Å². The molecule has 1 unspecified atom stereocenters. The first-order chi connectivity index (χ1) is 10.3. The van der Waals surface area contributed by atoms with Crippen molar-refractivity contribution in [3.05, 3.63) is 35.5 Å². The third-order valence-electron chi connectivity index (χ3n) is 4.90. The van der Waals surface area contributed by atoms with E-state index in [-0.39, 0.29) is 0 Å². The zero-order valence-corrected chi connectivity index (χ0v) is 12.6. The number of carbonyl (C=O) groups is 1. The molecule has 2 aliphatic rings. The van der Waals surface area contributed by atoms with Crippen molar-refractivity contribution in [3.8, 4) is 0 Å². The third-order valence-corrected chi connectivity index (χ3v) is 4.90. The van der Waals surface area contributed by atoms with Crippen molar-refractivity contribution in [2.45, 2.75) is 45.1 Å². The molecule has 1 saturated carbocycles. The van der Waals surface area contributed by atoms with E-state index in [1.165, 1.54) is 22.0 Å². The van der Waals surface area contributed by atoms with Gasteiger partial charge in [0, 0.05) is 30.2 Å². The summed E-state index contributed by atoms with van der Waals surface area (Å²) in [5.74, 6) is 0.732. The first kappa shape index (κ1) is 12.9. The van der Waals surface area contributed by atoms with Gasteiger partial charge in [-0.15, -0.1) is 0 Å². The smallest absolute Gasteiger partial charge is 0.225 e. The average molecular weight is 282 g/mol. The van der Waals surface area contributed by atoms with E-state index in [4.69, 9.17) is 0 Å². The van der Waals surface area contributed by atoms with Gasteiger partial charge in [0.1, 0.15) is 0 Å². The molecule has 1 fully saturated rings. The summed E-state index contributed by atoms with van der Waals surface area (Å²) < 4.78 is 0. The van der Waals surface area contributed by atoms with E-state index >= 15 is 0 Å². The monoisotopic (exact) mass is 282 g/mol. The zero-order valence-electron chi connectivity index (χ0n) is 12.6. The molecule has 0 spiro atoms. The highest BCUT2D eigenvalue weighted by atomic mass is 16.2. The Morgan fingerprint density at radius 3 is 2.76 bits per heavy atom. The highest BCUT2D eigenvalue weighted by Gasteiger charge is 2.37. The minimum absolute atomic E-state index is 0.329. The lowest BCUT2D eigenvalue weighted by Crippen LogP contribution is -2.42. The Bertz CT molecular complexity index is 644. The van der Waals surface area contributed by atoms with Crippen LogP contribution in [-0.2, 0) is 17.6 Å². The van der Waals surface area contributed by atoms with E-state index in [1.807, 2.05) is 6.20 Å². The van der Waals surface area contributed by atoms with E-state index in [2.05, 4.69) is 35.0 Å². The first-order valence-electron chi connectivity index (χ1n) is 8.15. The molecule has 1 heterocycles. The van der Waals surface area contributed by atoms with Crippen LogP contribution in [0.4, 0.5) is 0 Å². The molecule has 110 valence electrons. The number of aromatic nitrogens is 1. The summed E-state index contributed by atoms with van der Waals surface area (Å²) >= 11 is 0. The lowest BCUT2D eigenvalue weighted by atomic mass is 10.1. The maximum atomic E-state index is 12.5. The third kappa shape index (κ3) is 2.25. The van der Waals surface area contributed by atoms with E-state index in [9.17, 15) is 4.79 Å². The summed E-state index contributed by atoms with van der Waals surface area (Å²) in [6.07, 6.45) is 7.28. The van der Waals surface area contributed by atoms with Crippen molar-refractivity contribution in [3.63, 3.8) is 0 Å². The van der Waals surface area contributed by atoms with Gasteiger partial charge in [-0.1, -0.05) is 6.92 Å². The molecule has 1 N–H and O–H groups in total. The van der Waals surface area contributed by atoms with Gasteiger partial charge in [-0.25, -0.2) is 0 Å². The maximum Gasteiger partial charge on any atom is 0.225 e. The normalized spacial score (nSPS) is 20.7. The molecule has 1 aromatic carbocycles. The molecular weight excluding hydrogens is 260 g/mol. The lowest BCUT2D eigenvalue weighted by molar-refractivity contribution is -0.134. The average Bonchev–Trinajstić information content (AvgIpc) is 3.10. The van der Waals surface area contributed by atoms with E-state index in [0.29, 0.717) is 17.9 Å². The number of hydrogen-bond donors (Lipinski definition) is 1. The number of hydrogen-bond acceptors (Lipinski definition) is 1. The molecule has 1 amide bonds.